The second-order valence-electron chi connectivity index (χ2n) is 8.16. The van der Waals surface area contributed by atoms with Gasteiger partial charge < -0.3 is 19.5 Å². The number of thiazole rings is 1. The first-order chi connectivity index (χ1) is 15.4. The van der Waals surface area contributed by atoms with Crippen LogP contribution in [0.15, 0.2) is 28.7 Å². The highest BCUT2D eigenvalue weighted by atomic mass is 32.1. The van der Waals surface area contributed by atoms with Crippen LogP contribution in [-0.4, -0.2) is 53.9 Å². The number of piperidine rings is 1. The van der Waals surface area contributed by atoms with Crippen molar-refractivity contribution in [3.05, 3.63) is 35.0 Å². The van der Waals surface area contributed by atoms with Crippen molar-refractivity contribution in [2.75, 3.05) is 37.4 Å². The van der Waals surface area contributed by atoms with E-state index >= 15 is 0 Å². The van der Waals surface area contributed by atoms with E-state index in [9.17, 15) is 9.59 Å². The van der Waals surface area contributed by atoms with Crippen molar-refractivity contribution in [1.82, 2.24) is 14.9 Å². The highest BCUT2D eigenvalue weighted by Gasteiger charge is 2.28. The molecule has 1 atom stereocenters. The Morgan fingerprint density at radius 2 is 2.06 bits per heavy atom. The Morgan fingerprint density at radius 3 is 2.84 bits per heavy atom. The Hall–Kier alpha value is -2.98. The van der Waals surface area contributed by atoms with Gasteiger partial charge in [0.25, 0.3) is 5.91 Å². The molecule has 166 valence electrons. The second-order valence-corrected chi connectivity index (χ2v) is 10.2. The molecular formula is C22H23N5O3S2. The minimum Gasteiger partial charge on any atom is -0.441 e. The van der Waals surface area contributed by atoms with Gasteiger partial charge in [-0.1, -0.05) is 11.3 Å². The van der Waals surface area contributed by atoms with Crippen molar-refractivity contribution >= 4 is 65.9 Å². The number of fused-ring (bicyclic) bond motifs is 2. The molecule has 32 heavy (non-hydrogen) atoms. The predicted octanol–water partition coefficient (Wildman–Crippen LogP) is 4.36. The van der Waals surface area contributed by atoms with Crippen molar-refractivity contribution in [3.8, 4) is 0 Å². The molecule has 4 heterocycles. The lowest BCUT2D eigenvalue weighted by Crippen LogP contribution is -2.42. The highest BCUT2D eigenvalue weighted by molar-refractivity contribution is 7.29. The summed E-state index contributed by atoms with van der Waals surface area (Å²) >= 11 is 2.95. The lowest BCUT2D eigenvalue weighted by Gasteiger charge is -2.32. The molecule has 4 aromatic rings. The van der Waals surface area contributed by atoms with E-state index in [4.69, 9.17) is 9.40 Å². The second kappa shape index (κ2) is 8.18. The fraction of sp³-hybridized carbons (Fsp3) is 0.364. The third kappa shape index (κ3) is 3.95. The molecule has 1 fully saturated rings. The van der Waals surface area contributed by atoms with Crippen molar-refractivity contribution in [2.45, 2.75) is 19.8 Å². The van der Waals surface area contributed by atoms with Gasteiger partial charge in [0.15, 0.2) is 16.6 Å². The smallest absolute Gasteiger partial charge is 0.265 e. The summed E-state index contributed by atoms with van der Waals surface area (Å²) in [7, 11) is 3.61. The molecule has 0 bridgehead atoms. The zero-order valence-corrected chi connectivity index (χ0v) is 19.7. The van der Waals surface area contributed by atoms with E-state index < -0.39 is 0 Å². The van der Waals surface area contributed by atoms with Gasteiger partial charge in [-0.15, -0.1) is 11.3 Å². The fourth-order valence-corrected chi connectivity index (χ4v) is 6.14. The van der Waals surface area contributed by atoms with Gasteiger partial charge in [-0.2, -0.15) is 0 Å². The number of rotatable bonds is 4. The third-order valence-corrected chi connectivity index (χ3v) is 7.76. The fourth-order valence-electron chi connectivity index (χ4n) is 4.00. The summed E-state index contributed by atoms with van der Waals surface area (Å²) in [4.78, 5) is 39.5. The first-order valence-corrected chi connectivity index (χ1v) is 12.1. The lowest BCUT2D eigenvalue weighted by atomic mass is 9.97. The predicted molar refractivity (Wildman–Crippen MR) is 128 cm³/mol. The maximum absolute atomic E-state index is 12.8. The van der Waals surface area contributed by atoms with Crippen LogP contribution in [0.1, 0.15) is 28.4 Å². The molecule has 2 amide bonds. The van der Waals surface area contributed by atoms with Crippen LogP contribution in [0.2, 0.25) is 0 Å². The molecule has 0 aliphatic carbocycles. The number of aromatic nitrogens is 2. The molecule has 1 aromatic carbocycles. The molecule has 1 N–H and O–H groups in total. The van der Waals surface area contributed by atoms with E-state index in [0.29, 0.717) is 34.1 Å². The Kier molecular flexibility index (Phi) is 5.34. The number of hydrogen-bond donors (Lipinski definition) is 1. The highest BCUT2D eigenvalue weighted by Crippen LogP contribution is 2.36. The van der Waals surface area contributed by atoms with Gasteiger partial charge in [0.05, 0.1) is 15.5 Å². The number of nitrogens with one attached hydrogen (secondary N) is 1. The van der Waals surface area contributed by atoms with Gasteiger partial charge in [0.1, 0.15) is 10.3 Å². The van der Waals surface area contributed by atoms with Crippen LogP contribution in [0.4, 0.5) is 10.8 Å². The van der Waals surface area contributed by atoms with Gasteiger partial charge in [0.2, 0.25) is 5.91 Å². The third-order valence-electron chi connectivity index (χ3n) is 5.54. The molecule has 3 aromatic heterocycles. The van der Waals surface area contributed by atoms with Crippen molar-refractivity contribution < 1.29 is 14.0 Å². The SMILES string of the molecule is Cc1nc2cc(NC(=O)c3cc4sc(N5CCCC(C(=O)N(C)C)C5)nc4s3)ccc2o1. The minimum absolute atomic E-state index is 0.00728. The molecular weight excluding hydrogens is 446 g/mol. The number of amides is 2. The number of carbonyl (C=O) groups excluding carboxylic acids is 2. The van der Waals surface area contributed by atoms with Gasteiger partial charge in [-0.25, -0.2) is 9.97 Å². The van der Waals surface area contributed by atoms with E-state index in [-0.39, 0.29) is 17.7 Å². The first-order valence-electron chi connectivity index (χ1n) is 10.4. The Labute approximate surface area is 192 Å². The van der Waals surface area contributed by atoms with Gasteiger partial charge in [-0.05, 0) is 37.1 Å². The number of benzene rings is 1. The standard InChI is InChI=1S/C22H23N5O3S2/c1-12-23-15-9-14(6-7-16(15)30-12)24-19(28)17-10-18-20(31-17)25-22(32-18)27-8-4-5-13(11-27)21(29)26(2)3/h6-7,9-10,13H,4-5,8,11H2,1-3H3,(H,24,28). The Balaban J connectivity index is 1.30. The molecule has 0 spiro atoms. The Bertz CT molecular complexity index is 1290. The molecule has 0 radical (unpaired) electrons. The molecule has 8 nitrogen and oxygen atoms in total. The molecule has 5 rings (SSSR count). The van der Waals surface area contributed by atoms with E-state index in [1.165, 1.54) is 11.3 Å². The van der Waals surface area contributed by atoms with Gasteiger partial charge >= 0.3 is 0 Å². The average molecular weight is 470 g/mol. The zero-order chi connectivity index (χ0) is 22.4. The molecule has 10 heteroatoms. The lowest BCUT2D eigenvalue weighted by molar-refractivity contribution is -0.133. The van der Waals surface area contributed by atoms with Crippen molar-refractivity contribution in [2.24, 2.45) is 5.92 Å². The van der Waals surface area contributed by atoms with Crippen LogP contribution in [0.25, 0.3) is 20.6 Å². The molecule has 1 aliphatic rings. The number of aryl methyl sites for hydroxylation is 1. The summed E-state index contributed by atoms with van der Waals surface area (Å²) in [5.41, 5.74) is 2.08. The number of oxazole rings is 1. The number of thiophene rings is 1. The number of hydrogen-bond acceptors (Lipinski definition) is 8. The maximum atomic E-state index is 12.8. The van der Waals surface area contributed by atoms with Crippen LogP contribution in [0.3, 0.4) is 0 Å². The van der Waals surface area contributed by atoms with E-state index in [2.05, 4.69) is 15.2 Å². The summed E-state index contributed by atoms with van der Waals surface area (Å²) < 4.78 is 6.47. The van der Waals surface area contributed by atoms with Crippen LogP contribution < -0.4 is 10.2 Å². The monoisotopic (exact) mass is 469 g/mol. The van der Waals surface area contributed by atoms with Gasteiger partial charge in [-0.3, -0.25) is 9.59 Å². The van der Waals surface area contributed by atoms with Crippen LogP contribution in [0.5, 0.6) is 0 Å². The number of anilines is 2. The topological polar surface area (TPSA) is 91.6 Å². The first kappa shape index (κ1) is 20.9. The zero-order valence-electron chi connectivity index (χ0n) is 18.0. The van der Waals surface area contributed by atoms with Crippen molar-refractivity contribution in [3.63, 3.8) is 0 Å². The van der Waals surface area contributed by atoms with E-state index in [1.807, 2.05) is 6.07 Å². The molecule has 1 aliphatic heterocycles. The van der Waals surface area contributed by atoms with Crippen LogP contribution in [-0.2, 0) is 4.79 Å². The normalized spacial score (nSPS) is 16.6. The summed E-state index contributed by atoms with van der Waals surface area (Å²) in [6.45, 7) is 3.38. The largest absolute Gasteiger partial charge is 0.441 e. The van der Waals surface area contributed by atoms with Crippen LogP contribution in [0, 0.1) is 12.8 Å². The van der Waals surface area contributed by atoms with E-state index in [1.54, 1.807) is 55.5 Å². The molecule has 1 unspecified atom stereocenters. The quantitative estimate of drug-likeness (QED) is 0.477. The van der Waals surface area contributed by atoms with Gasteiger partial charge in [0, 0.05) is 39.8 Å². The van der Waals surface area contributed by atoms with Crippen LogP contribution >= 0.6 is 22.7 Å². The summed E-state index contributed by atoms with van der Waals surface area (Å²) in [6.07, 6.45) is 1.89. The molecule has 1 saturated heterocycles. The minimum atomic E-state index is -0.170. The van der Waals surface area contributed by atoms with E-state index in [0.717, 1.165) is 34.0 Å². The Morgan fingerprint density at radius 1 is 1.22 bits per heavy atom. The maximum Gasteiger partial charge on any atom is 0.265 e. The summed E-state index contributed by atoms with van der Waals surface area (Å²) in [6, 6.07) is 7.30. The average Bonchev–Trinajstić information content (AvgIpc) is 3.45. The number of nitrogens with zero attached hydrogens (tertiary/aromatic N) is 4. The summed E-state index contributed by atoms with van der Waals surface area (Å²) in [5.74, 6) is 0.602. The number of carbonyl (C=O) groups is 2. The summed E-state index contributed by atoms with van der Waals surface area (Å²) in [5, 5.41) is 3.85. The molecule has 0 saturated carbocycles. The van der Waals surface area contributed by atoms with Crippen molar-refractivity contribution in [1.29, 1.82) is 0 Å².